The van der Waals surface area contributed by atoms with Crippen molar-refractivity contribution in [1.29, 1.82) is 0 Å². The third-order valence-electron chi connectivity index (χ3n) is 2.61. The Morgan fingerprint density at radius 1 is 1.28 bits per heavy atom. The van der Waals surface area contributed by atoms with Crippen molar-refractivity contribution >= 4 is 17.3 Å². The number of amides is 1. The van der Waals surface area contributed by atoms with Crippen molar-refractivity contribution in [3.63, 3.8) is 0 Å². The first kappa shape index (κ1) is 14.2. The van der Waals surface area contributed by atoms with Gasteiger partial charge in [0.2, 0.25) is 0 Å². The minimum absolute atomic E-state index is 0.171. The quantitative estimate of drug-likeness (QED) is 0.642. The van der Waals surface area contributed by atoms with Gasteiger partial charge in [0.25, 0.3) is 5.91 Å². The molecule has 4 nitrogen and oxygen atoms in total. The zero-order chi connectivity index (χ0) is 13.5. The lowest BCUT2D eigenvalue weighted by atomic mass is 10.2. The number of rotatable bonds is 5. The number of hydrogen-bond donors (Lipinski definition) is 1. The van der Waals surface area contributed by atoms with Gasteiger partial charge in [-0.1, -0.05) is 13.3 Å². The Morgan fingerprint density at radius 3 is 2.39 bits per heavy atom. The Hall–Kier alpha value is -1.84. The van der Waals surface area contributed by atoms with Crippen LogP contribution in [0.25, 0.3) is 0 Å². The van der Waals surface area contributed by atoms with Crippen LogP contribution in [0.5, 0.6) is 0 Å². The minimum atomic E-state index is -0.171. The van der Waals surface area contributed by atoms with E-state index >= 15 is 0 Å². The molecule has 1 rings (SSSR count). The molecule has 1 aromatic rings. The molecule has 1 amide bonds. The van der Waals surface area contributed by atoms with Gasteiger partial charge in [0.15, 0.2) is 0 Å². The van der Waals surface area contributed by atoms with Crippen LogP contribution < -0.4 is 10.3 Å². The van der Waals surface area contributed by atoms with E-state index in [1.165, 1.54) is 0 Å². The summed E-state index contributed by atoms with van der Waals surface area (Å²) >= 11 is 0. The molecule has 0 saturated carbocycles. The molecule has 0 aliphatic rings. The molecule has 0 aliphatic carbocycles. The second-order valence-electron chi connectivity index (χ2n) is 4.48. The van der Waals surface area contributed by atoms with Crippen LogP contribution in [0.1, 0.15) is 37.0 Å². The standard InChI is InChI=1S/C14H21N3O/c1-5-6-11(2)15-16-14(18)12-7-9-13(10-8-12)17(3)4/h7-10H,5-6H2,1-4H3,(H,16,18)/b15-11+. The fraction of sp³-hybridized carbons (Fsp3) is 0.429. The van der Waals surface area contributed by atoms with Crippen molar-refractivity contribution in [3.05, 3.63) is 29.8 Å². The molecule has 98 valence electrons. The lowest BCUT2D eigenvalue weighted by molar-refractivity contribution is 0.0954. The van der Waals surface area contributed by atoms with Crippen LogP contribution in [0.15, 0.2) is 29.4 Å². The number of nitrogens with one attached hydrogen (secondary N) is 1. The van der Waals surface area contributed by atoms with Gasteiger partial charge < -0.3 is 4.90 Å². The molecule has 0 spiro atoms. The van der Waals surface area contributed by atoms with Crippen molar-refractivity contribution in [2.45, 2.75) is 26.7 Å². The second-order valence-corrected chi connectivity index (χ2v) is 4.48. The molecule has 4 heteroatoms. The number of hydrazone groups is 1. The average molecular weight is 247 g/mol. The maximum absolute atomic E-state index is 11.8. The predicted molar refractivity (Wildman–Crippen MR) is 76.3 cm³/mol. The van der Waals surface area contributed by atoms with E-state index in [1.807, 2.05) is 38.1 Å². The number of carbonyl (C=O) groups excluding carboxylic acids is 1. The summed E-state index contributed by atoms with van der Waals surface area (Å²) in [6.07, 6.45) is 1.93. The molecule has 0 unspecified atom stereocenters. The lowest BCUT2D eigenvalue weighted by Gasteiger charge is -2.12. The third-order valence-corrected chi connectivity index (χ3v) is 2.61. The van der Waals surface area contributed by atoms with Crippen LogP contribution in [-0.2, 0) is 0 Å². The van der Waals surface area contributed by atoms with Crippen LogP contribution in [-0.4, -0.2) is 25.7 Å². The zero-order valence-electron chi connectivity index (χ0n) is 11.5. The monoisotopic (exact) mass is 247 g/mol. The smallest absolute Gasteiger partial charge is 0.271 e. The molecule has 0 saturated heterocycles. The van der Waals surface area contributed by atoms with E-state index in [4.69, 9.17) is 0 Å². The van der Waals surface area contributed by atoms with Crippen LogP contribution in [0.2, 0.25) is 0 Å². The molecular weight excluding hydrogens is 226 g/mol. The fourth-order valence-electron chi connectivity index (χ4n) is 1.54. The maximum atomic E-state index is 11.8. The van der Waals surface area contributed by atoms with Gasteiger partial charge in [-0.05, 0) is 37.6 Å². The van der Waals surface area contributed by atoms with Gasteiger partial charge in [-0.15, -0.1) is 0 Å². The van der Waals surface area contributed by atoms with E-state index in [2.05, 4.69) is 17.5 Å². The molecule has 0 bridgehead atoms. The number of carbonyl (C=O) groups is 1. The molecule has 0 fully saturated rings. The first-order valence-corrected chi connectivity index (χ1v) is 6.15. The van der Waals surface area contributed by atoms with E-state index in [0.717, 1.165) is 24.2 Å². The molecule has 0 aromatic heterocycles. The van der Waals surface area contributed by atoms with Crippen molar-refractivity contribution < 1.29 is 4.79 Å². The molecule has 18 heavy (non-hydrogen) atoms. The molecule has 0 heterocycles. The first-order valence-electron chi connectivity index (χ1n) is 6.15. The Bertz CT molecular complexity index is 421. The zero-order valence-corrected chi connectivity index (χ0v) is 11.5. The lowest BCUT2D eigenvalue weighted by Crippen LogP contribution is -2.19. The number of benzene rings is 1. The molecule has 0 radical (unpaired) electrons. The van der Waals surface area contributed by atoms with Gasteiger partial charge in [0.1, 0.15) is 0 Å². The van der Waals surface area contributed by atoms with Crippen molar-refractivity contribution in [3.8, 4) is 0 Å². The van der Waals surface area contributed by atoms with Crippen molar-refractivity contribution in [2.75, 3.05) is 19.0 Å². The largest absolute Gasteiger partial charge is 0.378 e. The van der Waals surface area contributed by atoms with Crippen LogP contribution >= 0.6 is 0 Å². The van der Waals surface area contributed by atoms with Crippen LogP contribution in [0.3, 0.4) is 0 Å². The van der Waals surface area contributed by atoms with E-state index in [0.29, 0.717) is 5.56 Å². The van der Waals surface area contributed by atoms with Gasteiger partial charge in [-0.3, -0.25) is 4.79 Å². The summed E-state index contributed by atoms with van der Waals surface area (Å²) in [5, 5.41) is 4.05. The van der Waals surface area contributed by atoms with Gasteiger partial charge >= 0.3 is 0 Å². The first-order chi connectivity index (χ1) is 8.54. The summed E-state index contributed by atoms with van der Waals surface area (Å²) in [5.41, 5.74) is 5.19. The van der Waals surface area contributed by atoms with Crippen LogP contribution in [0.4, 0.5) is 5.69 Å². The highest BCUT2D eigenvalue weighted by atomic mass is 16.2. The summed E-state index contributed by atoms with van der Waals surface area (Å²) < 4.78 is 0. The molecule has 0 aliphatic heterocycles. The number of nitrogens with zero attached hydrogens (tertiary/aromatic N) is 2. The summed E-state index contributed by atoms with van der Waals surface area (Å²) in [5.74, 6) is -0.171. The molecular formula is C14H21N3O. The highest BCUT2D eigenvalue weighted by Crippen LogP contribution is 2.12. The highest BCUT2D eigenvalue weighted by Gasteiger charge is 2.04. The van der Waals surface area contributed by atoms with Gasteiger partial charge in [0, 0.05) is 31.1 Å². The van der Waals surface area contributed by atoms with Crippen molar-refractivity contribution in [1.82, 2.24) is 5.43 Å². The average Bonchev–Trinajstić information content (AvgIpc) is 2.36. The summed E-state index contributed by atoms with van der Waals surface area (Å²) in [6, 6.07) is 7.43. The third kappa shape index (κ3) is 4.20. The summed E-state index contributed by atoms with van der Waals surface area (Å²) in [4.78, 5) is 13.8. The summed E-state index contributed by atoms with van der Waals surface area (Å²) in [7, 11) is 3.93. The van der Waals surface area contributed by atoms with E-state index in [-0.39, 0.29) is 5.91 Å². The maximum Gasteiger partial charge on any atom is 0.271 e. The van der Waals surface area contributed by atoms with Gasteiger partial charge in [-0.25, -0.2) is 5.43 Å². The van der Waals surface area contributed by atoms with E-state index in [1.54, 1.807) is 12.1 Å². The summed E-state index contributed by atoms with van der Waals surface area (Å²) in [6.45, 7) is 4.00. The number of hydrogen-bond acceptors (Lipinski definition) is 3. The van der Waals surface area contributed by atoms with Gasteiger partial charge in [-0.2, -0.15) is 5.10 Å². The fourth-order valence-corrected chi connectivity index (χ4v) is 1.54. The normalized spacial score (nSPS) is 11.2. The minimum Gasteiger partial charge on any atom is -0.378 e. The van der Waals surface area contributed by atoms with Crippen molar-refractivity contribution in [2.24, 2.45) is 5.10 Å². The van der Waals surface area contributed by atoms with Gasteiger partial charge in [0.05, 0.1) is 0 Å². The Balaban J connectivity index is 2.65. The van der Waals surface area contributed by atoms with E-state index < -0.39 is 0 Å². The predicted octanol–water partition coefficient (Wildman–Crippen LogP) is 2.66. The molecule has 1 N–H and O–H groups in total. The number of anilines is 1. The molecule has 0 atom stereocenters. The Morgan fingerprint density at radius 2 is 1.89 bits per heavy atom. The second kappa shape index (κ2) is 6.79. The SMILES string of the molecule is CCC/C(C)=N/NC(=O)c1ccc(N(C)C)cc1. The van der Waals surface area contributed by atoms with E-state index in [9.17, 15) is 4.79 Å². The Labute approximate surface area is 109 Å². The highest BCUT2D eigenvalue weighted by molar-refractivity contribution is 5.95. The Kier molecular flexibility index (Phi) is 5.36. The molecule has 1 aromatic carbocycles. The van der Waals surface area contributed by atoms with Crippen LogP contribution in [0, 0.1) is 0 Å². The topological polar surface area (TPSA) is 44.7 Å².